The minimum atomic E-state index is -0.0392. The van der Waals surface area contributed by atoms with E-state index in [4.69, 9.17) is 15.1 Å². The van der Waals surface area contributed by atoms with Crippen LogP contribution in [0.3, 0.4) is 0 Å². The van der Waals surface area contributed by atoms with Crippen LogP contribution in [-0.4, -0.2) is 45.1 Å². The molecule has 2 aromatic carbocycles. The van der Waals surface area contributed by atoms with Crippen LogP contribution >= 0.6 is 0 Å². The standard InChI is InChI=1S/C25H26N6O2/c1-4-5-9-17-14-18(25(32)31(2)3)12-13-19(17)20-15-27-22(26)21(28-20)24-30-29-23(33-24)16-10-7-6-8-11-16/h6-8,10-15H,4-5,9H2,1-3H3,(H2,26,27). The minimum absolute atomic E-state index is 0.0392. The van der Waals surface area contributed by atoms with Crippen molar-refractivity contribution in [2.24, 2.45) is 0 Å². The normalized spacial score (nSPS) is 10.9. The van der Waals surface area contributed by atoms with Gasteiger partial charge in [-0.1, -0.05) is 37.6 Å². The summed E-state index contributed by atoms with van der Waals surface area (Å²) in [5.41, 5.74) is 10.5. The Hall–Kier alpha value is -4.07. The van der Waals surface area contributed by atoms with Crippen LogP contribution in [0.5, 0.6) is 0 Å². The molecule has 2 N–H and O–H groups in total. The number of hydrogen-bond donors (Lipinski definition) is 1. The second-order valence-corrected chi connectivity index (χ2v) is 7.94. The Labute approximate surface area is 192 Å². The SMILES string of the molecule is CCCCc1cc(C(=O)N(C)C)ccc1-c1cnc(N)c(-c2nnc(-c3ccccc3)o2)n1. The van der Waals surface area contributed by atoms with E-state index < -0.39 is 0 Å². The molecule has 8 nitrogen and oxygen atoms in total. The van der Waals surface area contributed by atoms with Crippen molar-refractivity contribution in [3.05, 3.63) is 65.9 Å². The Morgan fingerprint density at radius 3 is 2.55 bits per heavy atom. The number of nitrogen functional groups attached to an aromatic ring is 1. The molecule has 0 aliphatic rings. The molecule has 0 saturated carbocycles. The van der Waals surface area contributed by atoms with Crippen molar-refractivity contribution in [1.29, 1.82) is 0 Å². The van der Waals surface area contributed by atoms with Gasteiger partial charge in [0.25, 0.3) is 11.8 Å². The molecule has 0 radical (unpaired) electrons. The number of carbonyl (C=O) groups excluding carboxylic acids is 1. The maximum absolute atomic E-state index is 12.5. The first-order valence-corrected chi connectivity index (χ1v) is 10.8. The molecule has 4 rings (SSSR count). The maximum Gasteiger partial charge on any atom is 0.270 e. The van der Waals surface area contributed by atoms with Gasteiger partial charge in [0, 0.05) is 30.8 Å². The van der Waals surface area contributed by atoms with Crippen LogP contribution in [0, 0.1) is 0 Å². The number of nitrogens with two attached hydrogens (primary N) is 1. The number of aryl methyl sites for hydroxylation is 1. The fourth-order valence-electron chi connectivity index (χ4n) is 3.51. The van der Waals surface area contributed by atoms with Crippen molar-refractivity contribution in [2.75, 3.05) is 19.8 Å². The van der Waals surface area contributed by atoms with Gasteiger partial charge in [-0.2, -0.15) is 0 Å². The van der Waals surface area contributed by atoms with Crippen LogP contribution in [0.25, 0.3) is 34.3 Å². The highest BCUT2D eigenvalue weighted by atomic mass is 16.4. The van der Waals surface area contributed by atoms with Gasteiger partial charge in [0.05, 0.1) is 11.9 Å². The number of benzene rings is 2. The molecule has 0 fully saturated rings. The Morgan fingerprint density at radius 2 is 1.82 bits per heavy atom. The van der Waals surface area contributed by atoms with Crippen LogP contribution in [0.4, 0.5) is 5.82 Å². The molecule has 0 atom stereocenters. The lowest BCUT2D eigenvalue weighted by Crippen LogP contribution is -2.21. The van der Waals surface area contributed by atoms with Crippen molar-refractivity contribution in [1.82, 2.24) is 25.1 Å². The van der Waals surface area contributed by atoms with E-state index in [-0.39, 0.29) is 17.6 Å². The van der Waals surface area contributed by atoms with E-state index in [2.05, 4.69) is 22.1 Å². The summed E-state index contributed by atoms with van der Waals surface area (Å²) in [6.07, 6.45) is 4.48. The summed E-state index contributed by atoms with van der Waals surface area (Å²) >= 11 is 0. The average molecular weight is 443 g/mol. The Balaban J connectivity index is 1.74. The topological polar surface area (TPSA) is 111 Å². The second kappa shape index (κ2) is 9.60. The lowest BCUT2D eigenvalue weighted by atomic mass is 9.97. The number of anilines is 1. The largest absolute Gasteiger partial charge is 0.414 e. The smallest absolute Gasteiger partial charge is 0.270 e. The van der Waals surface area contributed by atoms with Gasteiger partial charge in [-0.3, -0.25) is 4.79 Å². The first-order chi connectivity index (χ1) is 16.0. The van der Waals surface area contributed by atoms with Crippen LogP contribution in [0.2, 0.25) is 0 Å². The van der Waals surface area contributed by atoms with Gasteiger partial charge < -0.3 is 15.1 Å². The number of amides is 1. The molecule has 0 aliphatic carbocycles. The third-order valence-electron chi connectivity index (χ3n) is 5.28. The minimum Gasteiger partial charge on any atom is -0.414 e. The third kappa shape index (κ3) is 4.74. The van der Waals surface area contributed by atoms with Crippen molar-refractivity contribution in [3.8, 4) is 34.3 Å². The molecule has 0 spiro atoms. The molecule has 0 unspecified atom stereocenters. The third-order valence-corrected chi connectivity index (χ3v) is 5.28. The molecule has 0 aliphatic heterocycles. The van der Waals surface area contributed by atoms with E-state index in [1.165, 1.54) is 0 Å². The summed E-state index contributed by atoms with van der Waals surface area (Å²) in [5.74, 6) is 0.752. The number of carbonyl (C=O) groups is 1. The van der Waals surface area contributed by atoms with E-state index in [1.807, 2.05) is 48.5 Å². The molecule has 2 aromatic heterocycles. The molecule has 0 bridgehead atoms. The van der Waals surface area contributed by atoms with Gasteiger partial charge in [0.1, 0.15) is 0 Å². The number of unbranched alkanes of at least 4 members (excludes halogenated alkanes) is 1. The summed E-state index contributed by atoms with van der Waals surface area (Å²) in [6.45, 7) is 2.13. The zero-order valence-electron chi connectivity index (χ0n) is 18.9. The predicted molar refractivity (Wildman–Crippen MR) is 127 cm³/mol. The van der Waals surface area contributed by atoms with Crippen LogP contribution in [0.15, 0.2) is 59.1 Å². The Morgan fingerprint density at radius 1 is 1.06 bits per heavy atom. The van der Waals surface area contributed by atoms with E-state index in [9.17, 15) is 4.79 Å². The van der Waals surface area contributed by atoms with Crippen molar-refractivity contribution in [2.45, 2.75) is 26.2 Å². The molecular weight excluding hydrogens is 416 g/mol. The number of hydrogen-bond acceptors (Lipinski definition) is 7. The highest BCUT2D eigenvalue weighted by Crippen LogP contribution is 2.30. The highest BCUT2D eigenvalue weighted by Gasteiger charge is 2.19. The summed E-state index contributed by atoms with van der Waals surface area (Å²) in [6, 6.07) is 15.2. The lowest BCUT2D eigenvalue weighted by molar-refractivity contribution is 0.0827. The number of nitrogens with zero attached hydrogens (tertiary/aromatic N) is 5. The van der Waals surface area contributed by atoms with Crippen LogP contribution in [0.1, 0.15) is 35.7 Å². The first-order valence-electron chi connectivity index (χ1n) is 10.8. The summed E-state index contributed by atoms with van der Waals surface area (Å²) < 4.78 is 5.84. The molecule has 33 heavy (non-hydrogen) atoms. The van der Waals surface area contributed by atoms with Crippen LogP contribution < -0.4 is 5.73 Å². The first kappa shape index (κ1) is 22.1. The van der Waals surface area contributed by atoms with Gasteiger partial charge in [-0.25, -0.2) is 9.97 Å². The molecule has 168 valence electrons. The van der Waals surface area contributed by atoms with E-state index in [1.54, 1.807) is 25.2 Å². The van der Waals surface area contributed by atoms with Gasteiger partial charge in [-0.05, 0) is 42.7 Å². The Kier molecular flexibility index (Phi) is 6.44. The fourth-order valence-corrected chi connectivity index (χ4v) is 3.51. The molecule has 0 saturated heterocycles. The van der Waals surface area contributed by atoms with E-state index >= 15 is 0 Å². The zero-order chi connectivity index (χ0) is 23.4. The molecule has 2 heterocycles. The summed E-state index contributed by atoms with van der Waals surface area (Å²) in [4.78, 5) is 23.1. The predicted octanol–water partition coefficient (Wildman–Crippen LogP) is 4.49. The molecule has 4 aromatic rings. The second-order valence-electron chi connectivity index (χ2n) is 7.94. The monoisotopic (exact) mass is 442 g/mol. The summed E-state index contributed by atoms with van der Waals surface area (Å²) in [5, 5.41) is 8.27. The van der Waals surface area contributed by atoms with Crippen molar-refractivity contribution >= 4 is 11.7 Å². The van der Waals surface area contributed by atoms with Gasteiger partial charge in [0.2, 0.25) is 5.89 Å². The number of rotatable bonds is 7. The maximum atomic E-state index is 12.5. The van der Waals surface area contributed by atoms with Gasteiger partial charge in [0.15, 0.2) is 11.5 Å². The van der Waals surface area contributed by atoms with E-state index in [0.717, 1.165) is 36.0 Å². The zero-order valence-corrected chi connectivity index (χ0v) is 18.9. The van der Waals surface area contributed by atoms with Crippen LogP contribution in [-0.2, 0) is 6.42 Å². The quantitative estimate of drug-likeness (QED) is 0.449. The van der Waals surface area contributed by atoms with Gasteiger partial charge in [-0.15, -0.1) is 10.2 Å². The molecule has 8 heteroatoms. The number of aromatic nitrogens is 4. The van der Waals surface area contributed by atoms with E-state index in [0.29, 0.717) is 22.8 Å². The molecular formula is C25H26N6O2. The highest BCUT2D eigenvalue weighted by molar-refractivity contribution is 5.94. The summed E-state index contributed by atoms with van der Waals surface area (Å²) in [7, 11) is 3.49. The van der Waals surface area contributed by atoms with Crippen molar-refractivity contribution < 1.29 is 9.21 Å². The average Bonchev–Trinajstić information content (AvgIpc) is 3.33. The Bertz CT molecular complexity index is 1270. The van der Waals surface area contributed by atoms with Crippen molar-refractivity contribution in [3.63, 3.8) is 0 Å². The lowest BCUT2D eigenvalue weighted by Gasteiger charge is -2.14. The molecule has 1 amide bonds. The van der Waals surface area contributed by atoms with Gasteiger partial charge >= 0.3 is 0 Å². The fraction of sp³-hybridized carbons (Fsp3) is 0.240.